The average Bonchev–Trinajstić information content (AvgIpc) is 3.20. The lowest BCUT2D eigenvalue weighted by molar-refractivity contribution is 0.241. The number of fused-ring (bicyclic) bond motifs is 1. The number of sulfonamides is 1. The van der Waals surface area contributed by atoms with Gasteiger partial charge in [0.2, 0.25) is 21.2 Å². The summed E-state index contributed by atoms with van der Waals surface area (Å²) in [4.78, 5) is 14.7. The topological polar surface area (TPSA) is 109 Å². The molecule has 32 heavy (non-hydrogen) atoms. The summed E-state index contributed by atoms with van der Waals surface area (Å²) in [5.41, 5.74) is 3.01. The summed E-state index contributed by atoms with van der Waals surface area (Å²) in [7, 11) is -3.67. The van der Waals surface area contributed by atoms with E-state index in [1.165, 1.54) is 35.6 Å². The van der Waals surface area contributed by atoms with E-state index in [0.29, 0.717) is 17.9 Å². The molecule has 2 heterocycles. The monoisotopic (exact) mass is 456 g/mol. The summed E-state index contributed by atoms with van der Waals surface area (Å²) in [5, 5.41) is 8.77. The molecule has 0 amide bonds. The summed E-state index contributed by atoms with van der Waals surface area (Å²) in [6.07, 6.45) is 1.32. The lowest BCUT2D eigenvalue weighted by Gasteiger charge is -2.14. The first-order chi connectivity index (χ1) is 15.4. The number of rotatable bonds is 9. The van der Waals surface area contributed by atoms with Crippen LogP contribution in [0.15, 0.2) is 75.0 Å². The van der Waals surface area contributed by atoms with Gasteiger partial charge in [-0.1, -0.05) is 36.4 Å². The molecule has 0 atom stereocenters. The second-order valence-corrected chi connectivity index (χ2v) is 9.31. The fourth-order valence-electron chi connectivity index (χ4n) is 3.55. The van der Waals surface area contributed by atoms with Crippen LogP contribution in [0, 0.1) is 0 Å². The van der Waals surface area contributed by atoms with Crippen LogP contribution in [0.25, 0.3) is 0 Å². The highest BCUT2D eigenvalue weighted by Gasteiger charge is 2.19. The Morgan fingerprint density at radius 1 is 1.06 bits per heavy atom. The number of ether oxygens (including phenoxy) is 1. The number of aliphatic hydroxyl groups excluding tert-OH is 1. The van der Waals surface area contributed by atoms with Gasteiger partial charge >= 0.3 is 0 Å². The van der Waals surface area contributed by atoms with Gasteiger partial charge in [0, 0.05) is 25.7 Å². The van der Waals surface area contributed by atoms with Crippen LogP contribution in [0.5, 0.6) is 5.75 Å². The maximum Gasteiger partial charge on any atom is 0.240 e. The number of hydrogen-bond acceptors (Lipinski definition) is 7. The molecule has 0 radical (unpaired) electrons. The van der Waals surface area contributed by atoms with Crippen molar-refractivity contribution >= 4 is 10.0 Å². The summed E-state index contributed by atoms with van der Waals surface area (Å²) < 4.78 is 37.5. The van der Waals surface area contributed by atoms with Gasteiger partial charge < -0.3 is 14.3 Å². The lowest BCUT2D eigenvalue weighted by Crippen LogP contribution is -2.26. The number of benzene rings is 2. The molecule has 2 aromatic carbocycles. The molecular weight excluding hydrogens is 432 g/mol. The molecule has 1 aromatic heterocycles. The van der Waals surface area contributed by atoms with E-state index >= 15 is 0 Å². The smallest absolute Gasteiger partial charge is 0.240 e. The van der Waals surface area contributed by atoms with Gasteiger partial charge in [0.1, 0.15) is 18.6 Å². The molecule has 1 aliphatic rings. The number of nitrogens with one attached hydrogen (secondary N) is 1. The SMILES string of the molecule is O=c1cc(CN2Cc3ccccc3C2)occ1OCc1ccc(S(=O)(=O)NCCO)cc1. The van der Waals surface area contributed by atoms with Crippen LogP contribution >= 0.6 is 0 Å². The molecule has 9 heteroatoms. The molecule has 0 aliphatic carbocycles. The maximum atomic E-state index is 12.4. The fourth-order valence-corrected chi connectivity index (χ4v) is 4.57. The average molecular weight is 457 g/mol. The quantitative estimate of drug-likeness (QED) is 0.507. The molecule has 0 unspecified atom stereocenters. The zero-order valence-electron chi connectivity index (χ0n) is 17.4. The minimum atomic E-state index is -3.67. The van der Waals surface area contributed by atoms with Crippen LogP contribution in [0.2, 0.25) is 0 Å². The molecule has 168 valence electrons. The normalized spacial score (nSPS) is 13.8. The molecule has 1 aliphatic heterocycles. The van der Waals surface area contributed by atoms with Crippen LogP contribution < -0.4 is 14.9 Å². The van der Waals surface area contributed by atoms with Gasteiger partial charge in [-0.05, 0) is 28.8 Å². The van der Waals surface area contributed by atoms with Gasteiger partial charge in [-0.2, -0.15) is 0 Å². The Morgan fingerprint density at radius 3 is 2.38 bits per heavy atom. The molecule has 8 nitrogen and oxygen atoms in total. The molecule has 0 spiro atoms. The van der Waals surface area contributed by atoms with E-state index in [1.807, 2.05) is 12.1 Å². The molecule has 0 saturated carbocycles. The van der Waals surface area contributed by atoms with Crippen molar-refractivity contribution < 1.29 is 22.7 Å². The van der Waals surface area contributed by atoms with Crippen molar-refractivity contribution in [3.8, 4) is 5.75 Å². The maximum absolute atomic E-state index is 12.4. The Hall–Kier alpha value is -2.98. The molecule has 0 fully saturated rings. The number of aliphatic hydroxyl groups is 1. The Balaban J connectivity index is 1.34. The molecule has 0 bridgehead atoms. The van der Waals surface area contributed by atoms with Gasteiger partial charge in [-0.25, -0.2) is 13.1 Å². The minimum absolute atomic E-state index is 0.0519. The van der Waals surface area contributed by atoms with Crippen LogP contribution in [0.4, 0.5) is 0 Å². The first-order valence-corrected chi connectivity index (χ1v) is 11.7. The van der Waals surface area contributed by atoms with Gasteiger partial charge in [0.25, 0.3) is 0 Å². The van der Waals surface area contributed by atoms with Crippen LogP contribution in [0.3, 0.4) is 0 Å². The Kier molecular flexibility index (Phi) is 6.71. The van der Waals surface area contributed by atoms with E-state index in [0.717, 1.165) is 13.1 Å². The Morgan fingerprint density at radius 2 is 1.75 bits per heavy atom. The van der Waals surface area contributed by atoms with Gasteiger partial charge in [-0.15, -0.1) is 0 Å². The molecule has 2 N–H and O–H groups in total. The Bertz CT molecular complexity index is 1210. The van der Waals surface area contributed by atoms with Gasteiger partial charge in [-0.3, -0.25) is 9.69 Å². The van der Waals surface area contributed by atoms with Crippen molar-refractivity contribution in [2.75, 3.05) is 13.2 Å². The van der Waals surface area contributed by atoms with Gasteiger partial charge in [0.05, 0.1) is 18.0 Å². The summed E-state index contributed by atoms with van der Waals surface area (Å²) in [6.45, 7) is 1.93. The third-order valence-corrected chi connectivity index (χ3v) is 6.65. The van der Waals surface area contributed by atoms with E-state index in [-0.39, 0.29) is 35.8 Å². The van der Waals surface area contributed by atoms with E-state index in [1.54, 1.807) is 12.1 Å². The predicted molar refractivity (Wildman–Crippen MR) is 117 cm³/mol. The predicted octanol–water partition coefficient (Wildman–Crippen LogP) is 2.01. The van der Waals surface area contributed by atoms with Crippen molar-refractivity contribution in [1.82, 2.24) is 9.62 Å². The van der Waals surface area contributed by atoms with Gasteiger partial charge in [0.15, 0.2) is 0 Å². The molecular formula is C23H24N2O6S. The lowest BCUT2D eigenvalue weighted by atomic mass is 10.1. The number of nitrogens with zero attached hydrogens (tertiary/aromatic N) is 1. The first kappa shape index (κ1) is 22.2. The van der Waals surface area contributed by atoms with E-state index < -0.39 is 10.0 Å². The van der Waals surface area contributed by atoms with Crippen LogP contribution in [-0.2, 0) is 36.3 Å². The third kappa shape index (κ3) is 5.25. The highest BCUT2D eigenvalue weighted by molar-refractivity contribution is 7.89. The zero-order chi connectivity index (χ0) is 22.6. The minimum Gasteiger partial charge on any atom is -0.482 e. The van der Waals surface area contributed by atoms with Crippen LogP contribution in [-0.4, -0.2) is 31.6 Å². The van der Waals surface area contributed by atoms with E-state index in [2.05, 4.69) is 21.8 Å². The summed E-state index contributed by atoms with van der Waals surface area (Å²) >= 11 is 0. The highest BCUT2D eigenvalue weighted by Crippen LogP contribution is 2.24. The standard InChI is InChI=1S/C23H24N2O6S/c26-10-9-24-32(28,29)21-7-5-17(6-8-21)15-31-23-16-30-20(11-22(23)27)14-25-12-18-3-1-2-4-19(18)13-25/h1-8,11,16,24,26H,9-10,12-15H2. The van der Waals surface area contributed by atoms with Crippen molar-refractivity contribution in [3.05, 3.63) is 93.5 Å². The largest absolute Gasteiger partial charge is 0.482 e. The summed E-state index contributed by atoms with van der Waals surface area (Å²) in [5.74, 6) is 0.667. The van der Waals surface area contributed by atoms with Crippen molar-refractivity contribution in [2.24, 2.45) is 0 Å². The molecule has 4 rings (SSSR count). The zero-order valence-corrected chi connectivity index (χ0v) is 18.2. The van der Waals surface area contributed by atoms with Crippen molar-refractivity contribution in [3.63, 3.8) is 0 Å². The van der Waals surface area contributed by atoms with E-state index in [4.69, 9.17) is 14.3 Å². The van der Waals surface area contributed by atoms with Crippen molar-refractivity contribution in [1.29, 1.82) is 0 Å². The fraction of sp³-hybridized carbons (Fsp3) is 0.261. The number of hydrogen-bond donors (Lipinski definition) is 2. The molecule has 3 aromatic rings. The first-order valence-electron chi connectivity index (χ1n) is 10.2. The summed E-state index contributed by atoms with van der Waals surface area (Å²) in [6, 6.07) is 15.8. The second kappa shape index (κ2) is 9.66. The third-order valence-electron chi connectivity index (χ3n) is 5.17. The Labute approximate surface area is 186 Å². The van der Waals surface area contributed by atoms with Crippen LogP contribution in [0.1, 0.15) is 22.5 Å². The second-order valence-electron chi connectivity index (χ2n) is 7.54. The molecule has 0 saturated heterocycles. The van der Waals surface area contributed by atoms with E-state index in [9.17, 15) is 13.2 Å². The highest BCUT2D eigenvalue weighted by atomic mass is 32.2. The van der Waals surface area contributed by atoms with Crippen molar-refractivity contribution in [2.45, 2.75) is 31.1 Å².